The van der Waals surface area contributed by atoms with Gasteiger partial charge in [0.1, 0.15) is 0 Å². The minimum Gasteiger partial charge on any atom is -0.282 e. The van der Waals surface area contributed by atoms with Crippen LogP contribution in [0, 0.1) is 0 Å². The highest BCUT2D eigenvalue weighted by atomic mass is 32.1. The van der Waals surface area contributed by atoms with E-state index in [9.17, 15) is 9.59 Å². The van der Waals surface area contributed by atoms with Gasteiger partial charge >= 0.3 is 0 Å². The van der Waals surface area contributed by atoms with Crippen molar-refractivity contribution in [2.24, 2.45) is 0 Å². The first-order chi connectivity index (χ1) is 7.27. The van der Waals surface area contributed by atoms with Crippen molar-refractivity contribution in [3.8, 4) is 0 Å². The van der Waals surface area contributed by atoms with Crippen molar-refractivity contribution in [3.05, 3.63) is 17.1 Å². The Morgan fingerprint density at radius 2 is 2.07 bits per heavy atom. The first-order valence-electron chi connectivity index (χ1n) is 5.00. The van der Waals surface area contributed by atoms with Gasteiger partial charge in [-0.25, -0.2) is 0 Å². The smallest absolute Gasteiger partial charge is 0.229 e. The molecule has 0 unspecified atom stereocenters. The van der Waals surface area contributed by atoms with E-state index in [2.05, 4.69) is 4.37 Å². The van der Waals surface area contributed by atoms with Gasteiger partial charge in [-0.3, -0.25) is 14.5 Å². The number of rotatable bonds is 3. The van der Waals surface area contributed by atoms with Crippen molar-refractivity contribution in [1.29, 1.82) is 0 Å². The number of amides is 2. The highest BCUT2D eigenvalue weighted by molar-refractivity contribution is 7.03. The average Bonchev–Trinajstić information content (AvgIpc) is 2.70. The Balaban J connectivity index is 1.92. The zero-order valence-corrected chi connectivity index (χ0v) is 9.13. The fraction of sp³-hybridized carbons (Fsp3) is 0.500. The van der Waals surface area contributed by atoms with E-state index in [0.717, 1.165) is 5.69 Å². The van der Waals surface area contributed by atoms with Crippen molar-refractivity contribution >= 4 is 23.3 Å². The van der Waals surface area contributed by atoms with Crippen LogP contribution in [0.2, 0.25) is 0 Å². The number of piperidine rings is 1. The number of nitrogens with zero attached hydrogens (tertiary/aromatic N) is 2. The highest BCUT2D eigenvalue weighted by Crippen LogP contribution is 2.13. The molecule has 1 aliphatic heterocycles. The SMILES string of the molecule is O=C1CCCC(=O)N1CCc1ccsn1. The van der Waals surface area contributed by atoms with Gasteiger partial charge in [0.05, 0.1) is 5.69 Å². The van der Waals surface area contributed by atoms with Crippen LogP contribution in [0.25, 0.3) is 0 Å². The number of hydrogen-bond acceptors (Lipinski definition) is 4. The summed E-state index contributed by atoms with van der Waals surface area (Å²) in [5, 5.41) is 1.90. The molecule has 15 heavy (non-hydrogen) atoms. The summed E-state index contributed by atoms with van der Waals surface area (Å²) in [5.41, 5.74) is 0.950. The van der Waals surface area contributed by atoms with Gasteiger partial charge in [0, 0.05) is 31.2 Å². The molecule has 0 aliphatic carbocycles. The van der Waals surface area contributed by atoms with Gasteiger partial charge in [0.15, 0.2) is 0 Å². The molecular weight excluding hydrogens is 212 g/mol. The predicted octanol–water partition coefficient (Wildman–Crippen LogP) is 1.22. The van der Waals surface area contributed by atoms with Gasteiger partial charge in [0.25, 0.3) is 0 Å². The second kappa shape index (κ2) is 4.53. The van der Waals surface area contributed by atoms with E-state index in [1.807, 2.05) is 11.4 Å². The number of hydrogen-bond donors (Lipinski definition) is 0. The van der Waals surface area contributed by atoms with Gasteiger partial charge in [-0.05, 0) is 24.0 Å². The lowest BCUT2D eigenvalue weighted by molar-refractivity contribution is -0.147. The van der Waals surface area contributed by atoms with Crippen molar-refractivity contribution in [3.63, 3.8) is 0 Å². The molecule has 2 rings (SSSR count). The quantitative estimate of drug-likeness (QED) is 0.725. The van der Waals surface area contributed by atoms with E-state index >= 15 is 0 Å². The maximum Gasteiger partial charge on any atom is 0.229 e. The van der Waals surface area contributed by atoms with E-state index in [4.69, 9.17) is 0 Å². The van der Waals surface area contributed by atoms with Crippen molar-refractivity contribution in [2.45, 2.75) is 25.7 Å². The first kappa shape index (κ1) is 10.3. The third kappa shape index (κ3) is 2.41. The first-order valence-corrected chi connectivity index (χ1v) is 5.83. The van der Waals surface area contributed by atoms with Crippen molar-refractivity contribution in [2.75, 3.05) is 6.54 Å². The monoisotopic (exact) mass is 224 g/mol. The number of aromatic nitrogens is 1. The molecule has 0 saturated carbocycles. The van der Waals surface area contributed by atoms with Crippen LogP contribution in [0.15, 0.2) is 11.4 Å². The lowest BCUT2D eigenvalue weighted by Gasteiger charge is -2.24. The molecule has 1 saturated heterocycles. The molecule has 2 heterocycles. The molecule has 0 radical (unpaired) electrons. The lowest BCUT2D eigenvalue weighted by atomic mass is 10.1. The van der Waals surface area contributed by atoms with Crippen LogP contribution in [-0.2, 0) is 16.0 Å². The molecule has 0 bridgehead atoms. The van der Waals surface area contributed by atoms with Gasteiger partial charge < -0.3 is 0 Å². The predicted molar refractivity (Wildman–Crippen MR) is 56.4 cm³/mol. The zero-order valence-electron chi connectivity index (χ0n) is 8.31. The maximum atomic E-state index is 11.5. The minimum absolute atomic E-state index is 0.0403. The number of imide groups is 1. The molecule has 1 aromatic heterocycles. The van der Waals surface area contributed by atoms with E-state index in [1.165, 1.54) is 16.4 Å². The standard InChI is InChI=1S/C10H12N2O2S/c13-9-2-1-3-10(14)12(9)6-4-8-5-7-15-11-8/h5,7H,1-4,6H2. The Hall–Kier alpha value is -1.23. The van der Waals surface area contributed by atoms with Gasteiger partial charge in [-0.1, -0.05) is 0 Å². The van der Waals surface area contributed by atoms with Crippen LogP contribution >= 0.6 is 11.5 Å². The van der Waals surface area contributed by atoms with E-state index in [-0.39, 0.29) is 11.8 Å². The van der Waals surface area contributed by atoms with E-state index < -0.39 is 0 Å². The normalized spacial score (nSPS) is 17.2. The van der Waals surface area contributed by atoms with Crippen LogP contribution in [-0.4, -0.2) is 27.6 Å². The molecule has 1 fully saturated rings. The third-order valence-corrected chi connectivity index (χ3v) is 3.06. The minimum atomic E-state index is -0.0403. The fourth-order valence-corrected chi connectivity index (χ4v) is 2.21. The Labute approximate surface area is 92.1 Å². The molecule has 5 heteroatoms. The second-order valence-corrected chi connectivity index (χ2v) is 4.20. The topological polar surface area (TPSA) is 50.3 Å². The Kier molecular flexibility index (Phi) is 3.11. The maximum absolute atomic E-state index is 11.5. The molecule has 0 N–H and O–H groups in total. The largest absolute Gasteiger partial charge is 0.282 e. The van der Waals surface area contributed by atoms with Gasteiger partial charge in [-0.2, -0.15) is 4.37 Å². The van der Waals surface area contributed by atoms with Crippen LogP contribution in [0.5, 0.6) is 0 Å². The second-order valence-electron chi connectivity index (χ2n) is 3.53. The molecule has 1 aliphatic rings. The lowest BCUT2D eigenvalue weighted by Crippen LogP contribution is -2.41. The number of likely N-dealkylation sites (tertiary alicyclic amines) is 1. The Morgan fingerprint density at radius 1 is 1.33 bits per heavy atom. The fourth-order valence-electron chi connectivity index (χ4n) is 1.64. The third-order valence-electron chi connectivity index (χ3n) is 2.47. The number of carbonyl (C=O) groups is 2. The Bertz CT molecular complexity index is 346. The molecule has 1 aromatic rings. The molecule has 4 nitrogen and oxygen atoms in total. The Morgan fingerprint density at radius 3 is 2.67 bits per heavy atom. The summed E-state index contributed by atoms with van der Waals surface area (Å²) >= 11 is 1.39. The van der Waals surface area contributed by atoms with Crippen molar-refractivity contribution < 1.29 is 9.59 Å². The molecule has 0 atom stereocenters. The summed E-state index contributed by atoms with van der Waals surface area (Å²) < 4.78 is 4.14. The summed E-state index contributed by atoms with van der Waals surface area (Å²) in [7, 11) is 0. The molecule has 80 valence electrons. The molecule has 2 amide bonds. The summed E-state index contributed by atoms with van der Waals surface area (Å²) in [6.07, 6.45) is 2.37. The summed E-state index contributed by atoms with van der Waals surface area (Å²) in [4.78, 5) is 24.3. The molecule has 0 spiro atoms. The van der Waals surface area contributed by atoms with Crippen molar-refractivity contribution in [1.82, 2.24) is 9.27 Å². The van der Waals surface area contributed by atoms with Crippen LogP contribution in [0.1, 0.15) is 25.0 Å². The van der Waals surface area contributed by atoms with E-state index in [0.29, 0.717) is 32.2 Å². The summed E-state index contributed by atoms with van der Waals surface area (Å²) in [6.45, 7) is 0.474. The molecule has 0 aromatic carbocycles. The average molecular weight is 224 g/mol. The zero-order chi connectivity index (χ0) is 10.7. The highest BCUT2D eigenvalue weighted by Gasteiger charge is 2.25. The number of carbonyl (C=O) groups excluding carboxylic acids is 2. The van der Waals surface area contributed by atoms with Gasteiger partial charge in [0.2, 0.25) is 11.8 Å². The van der Waals surface area contributed by atoms with Gasteiger partial charge in [-0.15, -0.1) is 0 Å². The van der Waals surface area contributed by atoms with Crippen LogP contribution < -0.4 is 0 Å². The molecular formula is C10H12N2O2S. The summed E-state index contributed by atoms with van der Waals surface area (Å²) in [6, 6.07) is 1.92. The van der Waals surface area contributed by atoms with Crippen LogP contribution in [0.4, 0.5) is 0 Å². The van der Waals surface area contributed by atoms with Crippen LogP contribution in [0.3, 0.4) is 0 Å². The summed E-state index contributed by atoms with van der Waals surface area (Å²) in [5.74, 6) is -0.0806. The van der Waals surface area contributed by atoms with E-state index in [1.54, 1.807) is 0 Å².